The van der Waals surface area contributed by atoms with Gasteiger partial charge in [0.2, 0.25) is 0 Å². The number of rotatable bonds is 3. The van der Waals surface area contributed by atoms with Crippen LogP contribution in [-0.4, -0.2) is 5.78 Å². The van der Waals surface area contributed by atoms with E-state index in [1.54, 1.807) is 30.3 Å². The molecule has 0 saturated heterocycles. The van der Waals surface area contributed by atoms with E-state index in [2.05, 4.69) is 44.6 Å². The van der Waals surface area contributed by atoms with Gasteiger partial charge in [-0.25, -0.2) is 0 Å². The van der Waals surface area contributed by atoms with Crippen molar-refractivity contribution < 1.29 is 4.79 Å². The quantitative estimate of drug-likeness (QED) is 0.467. The molecule has 2 aromatic carbocycles. The van der Waals surface area contributed by atoms with Crippen molar-refractivity contribution in [3.8, 4) is 6.07 Å². The number of benzene rings is 2. The average molecular weight is 460 g/mol. The second kappa shape index (κ2) is 6.70. The predicted molar refractivity (Wildman–Crippen MR) is 91.0 cm³/mol. The Bertz CT molecular complexity index is 694. The van der Waals surface area contributed by atoms with E-state index >= 15 is 0 Å². The summed E-state index contributed by atoms with van der Waals surface area (Å²) in [5, 5.41) is 9.81. The van der Waals surface area contributed by atoms with Gasteiger partial charge in [-0.05, 0) is 58.5 Å². The van der Waals surface area contributed by atoms with Crippen molar-refractivity contribution >= 4 is 55.9 Å². The highest BCUT2D eigenvalue weighted by atomic mass is 127. The Morgan fingerprint density at radius 1 is 1.25 bits per heavy atom. The van der Waals surface area contributed by atoms with Gasteiger partial charge >= 0.3 is 0 Å². The molecule has 0 N–H and O–H groups in total. The molecular weight excluding hydrogens is 452 g/mol. The highest BCUT2D eigenvalue weighted by Crippen LogP contribution is 2.26. The van der Waals surface area contributed by atoms with E-state index in [4.69, 9.17) is 11.6 Å². The molecule has 0 aliphatic carbocycles. The molecule has 1 unspecified atom stereocenters. The first kappa shape index (κ1) is 15.5. The fraction of sp³-hybridized carbons (Fsp3) is 0.0667. The lowest BCUT2D eigenvalue weighted by Crippen LogP contribution is -2.12. The van der Waals surface area contributed by atoms with Crippen molar-refractivity contribution in [3.05, 3.63) is 66.7 Å². The third-order valence-electron chi connectivity index (χ3n) is 2.79. The number of Topliss-reactive ketones (excluding diaryl/α,β-unsaturated/α-hetero) is 1. The van der Waals surface area contributed by atoms with Gasteiger partial charge in [0.05, 0.1) is 6.07 Å². The largest absolute Gasteiger partial charge is 0.292 e. The molecule has 5 heteroatoms. The van der Waals surface area contributed by atoms with Crippen LogP contribution in [0.15, 0.2) is 46.9 Å². The molecule has 0 fully saturated rings. The van der Waals surface area contributed by atoms with E-state index < -0.39 is 5.92 Å². The number of carbonyl (C=O) groups excluding carboxylic acids is 1. The molecule has 0 aliphatic heterocycles. The number of nitrogens with zero attached hydrogens (tertiary/aromatic N) is 1. The topological polar surface area (TPSA) is 40.9 Å². The summed E-state index contributed by atoms with van der Waals surface area (Å²) in [6.45, 7) is 0. The summed E-state index contributed by atoms with van der Waals surface area (Å²) in [6, 6.07) is 14.3. The van der Waals surface area contributed by atoms with Crippen LogP contribution in [0, 0.1) is 14.9 Å². The Morgan fingerprint density at radius 2 is 1.90 bits per heavy atom. The van der Waals surface area contributed by atoms with Gasteiger partial charge in [0.1, 0.15) is 5.92 Å². The van der Waals surface area contributed by atoms with Crippen molar-refractivity contribution in [2.24, 2.45) is 0 Å². The van der Waals surface area contributed by atoms with Crippen molar-refractivity contribution in [1.29, 1.82) is 5.26 Å². The maximum atomic E-state index is 12.5. The number of hydrogen-bond acceptors (Lipinski definition) is 2. The Morgan fingerprint density at radius 3 is 2.50 bits per heavy atom. The number of ketones is 1. The average Bonchev–Trinajstić information content (AvgIpc) is 2.44. The Labute approximate surface area is 144 Å². The van der Waals surface area contributed by atoms with Crippen LogP contribution in [-0.2, 0) is 0 Å². The van der Waals surface area contributed by atoms with Crippen LogP contribution >= 0.6 is 50.1 Å². The predicted octanol–water partition coefficient (Wildman–Crippen LogP) is 5.20. The first-order chi connectivity index (χ1) is 9.52. The van der Waals surface area contributed by atoms with Gasteiger partial charge in [-0.1, -0.05) is 39.7 Å². The Kier molecular flexibility index (Phi) is 5.19. The molecule has 2 aromatic rings. The lowest BCUT2D eigenvalue weighted by Gasteiger charge is -2.10. The molecule has 0 spiro atoms. The maximum Gasteiger partial charge on any atom is 0.185 e. The lowest BCUT2D eigenvalue weighted by molar-refractivity contribution is 0.0978. The standard InChI is InChI=1S/C15H8BrClINO/c16-10-3-1-9(2-4-10)13(8-19)15(20)12-7-11(17)5-6-14(12)18/h1-7,13H. The molecule has 2 nitrogen and oxygen atoms in total. The van der Waals surface area contributed by atoms with Gasteiger partial charge in [-0.15, -0.1) is 0 Å². The minimum absolute atomic E-state index is 0.235. The molecule has 0 aromatic heterocycles. The first-order valence-electron chi connectivity index (χ1n) is 5.67. The summed E-state index contributed by atoms with van der Waals surface area (Å²) in [7, 11) is 0. The van der Waals surface area contributed by atoms with E-state index in [0.717, 1.165) is 8.04 Å². The van der Waals surface area contributed by atoms with Gasteiger partial charge in [-0.3, -0.25) is 4.79 Å². The second-order valence-corrected chi connectivity index (χ2v) is 6.62. The Balaban J connectivity index is 2.42. The van der Waals surface area contributed by atoms with Crippen molar-refractivity contribution in [2.45, 2.75) is 5.92 Å². The van der Waals surface area contributed by atoms with Crippen molar-refractivity contribution in [1.82, 2.24) is 0 Å². The van der Waals surface area contributed by atoms with Crippen LogP contribution in [0.4, 0.5) is 0 Å². The Hall–Kier alpha value is -0.900. The molecule has 0 heterocycles. The van der Waals surface area contributed by atoms with Gasteiger partial charge in [0, 0.05) is 18.6 Å². The molecule has 0 radical (unpaired) electrons. The first-order valence-corrected chi connectivity index (χ1v) is 7.92. The summed E-state index contributed by atoms with van der Waals surface area (Å²) >= 11 is 11.3. The van der Waals surface area contributed by atoms with E-state index in [1.165, 1.54) is 0 Å². The summed E-state index contributed by atoms with van der Waals surface area (Å²) in [5.41, 5.74) is 1.16. The molecule has 0 saturated carbocycles. The zero-order valence-corrected chi connectivity index (χ0v) is 14.6. The molecule has 1 atom stereocenters. The molecular formula is C15H8BrClINO. The molecule has 0 amide bonds. The van der Waals surface area contributed by atoms with Crippen LogP contribution in [0.5, 0.6) is 0 Å². The third-order valence-corrected chi connectivity index (χ3v) is 4.49. The van der Waals surface area contributed by atoms with Gasteiger partial charge in [-0.2, -0.15) is 5.26 Å². The van der Waals surface area contributed by atoms with Crippen LogP contribution < -0.4 is 0 Å². The molecule has 0 bridgehead atoms. The van der Waals surface area contributed by atoms with Crippen LogP contribution in [0.25, 0.3) is 0 Å². The van der Waals surface area contributed by atoms with Crippen LogP contribution in [0.3, 0.4) is 0 Å². The van der Waals surface area contributed by atoms with Gasteiger partial charge in [0.25, 0.3) is 0 Å². The summed E-state index contributed by atoms with van der Waals surface area (Å²) < 4.78 is 1.69. The van der Waals surface area contributed by atoms with Crippen LogP contribution in [0.2, 0.25) is 5.02 Å². The third kappa shape index (κ3) is 3.40. The van der Waals surface area contributed by atoms with E-state index in [1.807, 2.05) is 12.1 Å². The number of nitriles is 1. The maximum absolute atomic E-state index is 12.5. The normalized spacial score (nSPS) is 11.7. The molecule has 2 rings (SSSR count). The summed E-state index contributed by atoms with van der Waals surface area (Å²) in [5.74, 6) is -1.06. The zero-order valence-electron chi connectivity index (χ0n) is 10.1. The monoisotopic (exact) mass is 459 g/mol. The van der Waals surface area contributed by atoms with Gasteiger partial charge < -0.3 is 0 Å². The number of halogens is 3. The van der Waals surface area contributed by atoms with Crippen molar-refractivity contribution in [3.63, 3.8) is 0 Å². The molecule has 100 valence electrons. The molecule has 20 heavy (non-hydrogen) atoms. The highest BCUT2D eigenvalue weighted by Gasteiger charge is 2.23. The van der Waals surface area contributed by atoms with Crippen LogP contribution in [0.1, 0.15) is 21.8 Å². The highest BCUT2D eigenvalue weighted by molar-refractivity contribution is 14.1. The van der Waals surface area contributed by atoms with Crippen molar-refractivity contribution in [2.75, 3.05) is 0 Å². The zero-order chi connectivity index (χ0) is 14.7. The fourth-order valence-electron chi connectivity index (χ4n) is 1.78. The number of carbonyl (C=O) groups is 1. The van der Waals surface area contributed by atoms with E-state index in [9.17, 15) is 10.1 Å². The molecule has 0 aliphatic rings. The fourth-order valence-corrected chi connectivity index (χ4v) is 2.82. The minimum Gasteiger partial charge on any atom is -0.292 e. The SMILES string of the molecule is N#CC(C(=O)c1cc(Cl)ccc1I)c1ccc(Br)cc1. The smallest absolute Gasteiger partial charge is 0.185 e. The second-order valence-electron chi connectivity index (χ2n) is 4.10. The summed E-state index contributed by atoms with van der Waals surface area (Å²) in [6.07, 6.45) is 0. The van der Waals surface area contributed by atoms with Gasteiger partial charge in [0.15, 0.2) is 5.78 Å². The van der Waals surface area contributed by atoms with E-state index in [-0.39, 0.29) is 5.78 Å². The summed E-state index contributed by atoms with van der Waals surface area (Å²) in [4.78, 5) is 12.5. The minimum atomic E-state index is -0.824. The van der Waals surface area contributed by atoms with E-state index in [0.29, 0.717) is 16.1 Å². The lowest BCUT2D eigenvalue weighted by atomic mass is 9.92. The number of hydrogen-bond donors (Lipinski definition) is 0.